The van der Waals surface area contributed by atoms with E-state index in [0.717, 1.165) is 63.0 Å². The minimum Gasteiger partial charge on any atom is -0.342 e. The van der Waals surface area contributed by atoms with Crippen LogP contribution in [0.1, 0.15) is 82.2 Å². The largest absolute Gasteiger partial charge is 0.342 e. The summed E-state index contributed by atoms with van der Waals surface area (Å²) in [5.41, 5.74) is 1.79. The average Bonchev–Trinajstić information content (AvgIpc) is 3.44. The van der Waals surface area contributed by atoms with Crippen molar-refractivity contribution in [3.63, 3.8) is 0 Å². The Hall–Kier alpha value is -1.85. The number of piperidine rings is 1. The number of H-pyrrole nitrogens is 1. The lowest BCUT2D eigenvalue weighted by atomic mass is 9.93. The highest BCUT2D eigenvalue weighted by atomic mass is 16.2. The third-order valence-electron chi connectivity index (χ3n) is 6.77. The van der Waals surface area contributed by atoms with Crippen LogP contribution < -0.4 is 5.32 Å². The molecule has 6 heteroatoms. The fourth-order valence-corrected chi connectivity index (χ4v) is 5.16. The van der Waals surface area contributed by atoms with E-state index in [1.165, 1.54) is 25.7 Å². The molecule has 3 aliphatic rings. The Kier molecular flexibility index (Phi) is 5.79. The Bertz CT molecular complexity index is 659. The fraction of sp³-hybridized carbons (Fsp3) is 0.762. The van der Waals surface area contributed by atoms with Crippen LogP contribution in [0.5, 0.6) is 0 Å². The van der Waals surface area contributed by atoms with Crippen molar-refractivity contribution >= 4 is 17.5 Å². The second-order valence-corrected chi connectivity index (χ2v) is 8.70. The normalized spacial score (nSPS) is 24.4. The first-order valence-electron chi connectivity index (χ1n) is 10.8. The number of amides is 2. The van der Waals surface area contributed by atoms with Gasteiger partial charge in [0, 0.05) is 31.3 Å². The summed E-state index contributed by atoms with van der Waals surface area (Å²) < 4.78 is 0. The van der Waals surface area contributed by atoms with Crippen LogP contribution in [0.2, 0.25) is 0 Å². The van der Waals surface area contributed by atoms with Gasteiger partial charge < -0.3 is 10.2 Å². The molecule has 27 heavy (non-hydrogen) atoms. The van der Waals surface area contributed by atoms with Gasteiger partial charge >= 0.3 is 0 Å². The Morgan fingerprint density at radius 1 is 1.07 bits per heavy atom. The first-order valence-corrected chi connectivity index (χ1v) is 10.8. The van der Waals surface area contributed by atoms with Gasteiger partial charge in [-0.3, -0.25) is 14.7 Å². The predicted octanol–water partition coefficient (Wildman–Crippen LogP) is 3.82. The second kappa shape index (κ2) is 8.44. The number of carbonyl (C=O) groups excluding carboxylic acids is 2. The number of aromatic amines is 1. The molecular formula is C21H32N4O2. The molecule has 1 aliphatic heterocycles. The SMILES string of the molecule is O=C(Nc1cn[nH]c1C1CCCN(C(=O)CC2CCCC2)C1)C1CCCC1. The molecule has 0 spiro atoms. The van der Waals surface area contributed by atoms with Gasteiger partial charge in [0.05, 0.1) is 17.6 Å². The molecule has 0 radical (unpaired) electrons. The van der Waals surface area contributed by atoms with Gasteiger partial charge in [0.25, 0.3) is 0 Å². The van der Waals surface area contributed by atoms with Crippen molar-refractivity contribution in [3.8, 4) is 0 Å². The van der Waals surface area contributed by atoms with E-state index < -0.39 is 0 Å². The van der Waals surface area contributed by atoms with Crippen LogP contribution in [0.15, 0.2) is 6.20 Å². The lowest BCUT2D eigenvalue weighted by Gasteiger charge is -2.33. The van der Waals surface area contributed by atoms with Gasteiger partial charge in [0.2, 0.25) is 11.8 Å². The molecule has 3 fully saturated rings. The summed E-state index contributed by atoms with van der Waals surface area (Å²) in [4.78, 5) is 27.3. The number of nitrogens with one attached hydrogen (secondary N) is 2. The molecular weight excluding hydrogens is 340 g/mol. The van der Waals surface area contributed by atoms with E-state index in [-0.39, 0.29) is 17.7 Å². The molecule has 4 rings (SSSR count). The number of likely N-dealkylation sites (tertiary alicyclic amines) is 1. The van der Waals surface area contributed by atoms with Gasteiger partial charge in [-0.1, -0.05) is 25.7 Å². The van der Waals surface area contributed by atoms with Crippen LogP contribution in [0, 0.1) is 11.8 Å². The zero-order valence-corrected chi connectivity index (χ0v) is 16.2. The van der Waals surface area contributed by atoms with Gasteiger partial charge in [-0.2, -0.15) is 5.10 Å². The van der Waals surface area contributed by atoms with E-state index in [2.05, 4.69) is 15.5 Å². The van der Waals surface area contributed by atoms with Crippen molar-refractivity contribution in [2.24, 2.45) is 11.8 Å². The van der Waals surface area contributed by atoms with Gasteiger partial charge in [0.15, 0.2) is 0 Å². The van der Waals surface area contributed by atoms with Crippen molar-refractivity contribution in [2.75, 3.05) is 18.4 Å². The molecule has 6 nitrogen and oxygen atoms in total. The molecule has 1 unspecified atom stereocenters. The molecule has 0 bridgehead atoms. The first kappa shape index (κ1) is 18.5. The van der Waals surface area contributed by atoms with Crippen molar-refractivity contribution in [1.29, 1.82) is 0 Å². The topological polar surface area (TPSA) is 78.1 Å². The van der Waals surface area contributed by atoms with E-state index in [1.807, 2.05) is 4.90 Å². The molecule has 2 saturated carbocycles. The number of carbonyl (C=O) groups is 2. The number of anilines is 1. The maximum atomic E-state index is 12.7. The zero-order valence-electron chi connectivity index (χ0n) is 16.2. The van der Waals surface area contributed by atoms with Crippen LogP contribution in [-0.4, -0.2) is 40.0 Å². The summed E-state index contributed by atoms with van der Waals surface area (Å²) >= 11 is 0. The lowest BCUT2D eigenvalue weighted by molar-refractivity contribution is -0.133. The summed E-state index contributed by atoms with van der Waals surface area (Å²) in [6.07, 6.45) is 13.7. The van der Waals surface area contributed by atoms with Crippen molar-refractivity contribution in [2.45, 2.75) is 76.5 Å². The van der Waals surface area contributed by atoms with Gasteiger partial charge in [0.1, 0.15) is 0 Å². The van der Waals surface area contributed by atoms with Crippen LogP contribution in [0.4, 0.5) is 5.69 Å². The quantitative estimate of drug-likeness (QED) is 0.825. The van der Waals surface area contributed by atoms with Crippen LogP contribution in [-0.2, 0) is 9.59 Å². The van der Waals surface area contributed by atoms with E-state index in [4.69, 9.17) is 0 Å². The van der Waals surface area contributed by atoms with E-state index >= 15 is 0 Å². The smallest absolute Gasteiger partial charge is 0.227 e. The van der Waals surface area contributed by atoms with Crippen molar-refractivity contribution in [3.05, 3.63) is 11.9 Å². The second-order valence-electron chi connectivity index (χ2n) is 8.70. The Labute approximate surface area is 161 Å². The average molecular weight is 373 g/mol. The summed E-state index contributed by atoms with van der Waals surface area (Å²) in [5, 5.41) is 10.4. The monoisotopic (exact) mass is 372 g/mol. The van der Waals surface area contributed by atoms with Gasteiger partial charge in [-0.15, -0.1) is 0 Å². The summed E-state index contributed by atoms with van der Waals surface area (Å²) in [6.45, 7) is 1.60. The van der Waals surface area contributed by atoms with Crippen LogP contribution in [0.25, 0.3) is 0 Å². The number of rotatable bonds is 5. The van der Waals surface area contributed by atoms with Crippen molar-refractivity contribution in [1.82, 2.24) is 15.1 Å². The molecule has 2 heterocycles. The molecule has 1 aromatic rings. The molecule has 2 aliphatic carbocycles. The predicted molar refractivity (Wildman–Crippen MR) is 104 cm³/mol. The lowest BCUT2D eigenvalue weighted by Crippen LogP contribution is -2.40. The molecule has 1 saturated heterocycles. The molecule has 2 amide bonds. The van der Waals surface area contributed by atoms with E-state index in [1.54, 1.807) is 6.20 Å². The number of hydrogen-bond donors (Lipinski definition) is 2. The molecule has 1 aromatic heterocycles. The number of hydrogen-bond acceptors (Lipinski definition) is 3. The third kappa shape index (κ3) is 4.36. The van der Waals surface area contributed by atoms with Crippen LogP contribution in [0.3, 0.4) is 0 Å². The highest BCUT2D eigenvalue weighted by Crippen LogP contribution is 2.33. The standard InChI is InChI=1S/C21H32N4O2/c26-19(12-15-6-1-2-7-15)25-11-5-10-17(14-25)20-18(13-22-24-20)23-21(27)16-8-3-4-9-16/h13,15-17H,1-12,14H2,(H,22,24)(H,23,27). The van der Waals surface area contributed by atoms with Gasteiger partial charge in [-0.05, 0) is 44.4 Å². The Balaban J connectivity index is 1.37. The van der Waals surface area contributed by atoms with Crippen LogP contribution >= 0.6 is 0 Å². The minimum absolute atomic E-state index is 0.125. The summed E-state index contributed by atoms with van der Waals surface area (Å²) in [5.74, 6) is 1.39. The first-order chi connectivity index (χ1) is 13.2. The Morgan fingerprint density at radius 2 is 1.81 bits per heavy atom. The van der Waals surface area contributed by atoms with E-state index in [0.29, 0.717) is 18.2 Å². The summed E-state index contributed by atoms with van der Waals surface area (Å²) in [7, 11) is 0. The maximum absolute atomic E-state index is 12.7. The number of aromatic nitrogens is 2. The van der Waals surface area contributed by atoms with Crippen molar-refractivity contribution < 1.29 is 9.59 Å². The highest BCUT2D eigenvalue weighted by molar-refractivity contribution is 5.93. The minimum atomic E-state index is 0.125. The maximum Gasteiger partial charge on any atom is 0.227 e. The fourth-order valence-electron chi connectivity index (χ4n) is 5.16. The molecule has 2 N–H and O–H groups in total. The molecule has 148 valence electrons. The van der Waals surface area contributed by atoms with E-state index in [9.17, 15) is 9.59 Å². The van der Waals surface area contributed by atoms with Gasteiger partial charge in [-0.25, -0.2) is 0 Å². The Morgan fingerprint density at radius 3 is 2.59 bits per heavy atom. The molecule has 0 aromatic carbocycles. The molecule has 1 atom stereocenters. The third-order valence-corrected chi connectivity index (χ3v) is 6.77. The number of nitrogens with zero attached hydrogens (tertiary/aromatic N) is 2. The zero-order chi connectivity index (χ0) is 18.6. The highest BCUT2D eigenvalue weighted by Gasteiger charge is 2.30. The summed E-state index contributed by atoms with van der Waals surface area (Å²) in [6, 6.07) is 0.